The minimum absolute atomic E-state index is 0.0194. The summed E-state index contributed by atoms with van der Waals surface area (Å²) in [7, 11) is 0. The molecule has 1 atom stereocenters. The van der Waals surface area contributed by atoms with Gasteiger partial charge in [-0.1, -0.05) is 13.0 Å². The van der Waals surface area contributed by atoms with Gasteiger partial charge in [-0.25, -0.2) is 4.79 Å². The van der Waals surface area contributed by atoms with E-state index in [0.29, 0.717) is 0 Å². The van der Waals surface area contributed by atoms with Crippen LogP contribution < -0.4 is 5.69 Å². The number of H-pyrrole nitrogens is 1. The summed E-state index contributed by atoms with van der Waals surface area (Å²) in [5, 5.41) is 0. The number of nitrogens with zero attached hydrogens (tertiary/aromatic N) is 2. The molecule has 0 radical (unpaired) electrons. The van der Waals surface area contributed by atoms with E-state index in [1.54, 1.807) is 0 Å². The first-order chi connectivity index (χ1) is 9.20. The molecule has 1 aliphatic heterocycles. The maximum Gasteiger partial charge on any atom is 0.327 e. The van der Waals surface area contributed by atoms with Gasteiger partial charge in [0, 0.05) is 6.54 Å². The monoisotopic (exact) mass is 259 g/mol. The highest BCUT2D eigenvalue weighted by Crippen LogP contribution is 2.27. The molecule has 2 aromatic rings. The van der Waals surface area contributed by atoms with Crippen LogP contribution in [0, 0.1) is 6.92 Å². The number of hydrogen-bond acceptors (Lipinski definition) is 2. The fourth-order valence-electron chi connectivity index (χ4n) is 3.16. The van der Waals surface area contributed by atoms with Crippen molar-refractivity contribution in [3.8, 4) is 0 Å². The maximum absolute atomic E-state index is 12.3. The maximum atomic E-state index is 12.3. The molecule has 1 aromatic heterocycles. The van der Waals surface area contributed by atoms with E-state index < -0.39 is 0 Å². The molecule has 0 aliphatic carbocycles. The zero-order chi connectivity index (χ0) is 13.4. The standard InChI is InChI=1S/C15H21N3O/c1-3-17-9-5-4-6-14(17)18-13-10-11(2)7-8-12(13)16-15(18)19/h7-8,10,14H,3-6,9H2,1-2H3,(H,16,19). The highest BCUT2D eigenvalue weighted by molar-refractivity contribution is 5.76. The van der Waals surface area contributed by atoms with E-state index in [-0.39, 0.29) is 11.9 Å². The number of aromatic nitrogens is 2. The van der Waals surface area contributed by atoms with Gasteiger partial charge in [0.15, 0.2) is 0 Å². The summed E-state index contributed by atoms with van der Waals surface area (Å²) < 4.78 is 1.95. The molecule has 3 rings (SSSR count). The van der Waals surface area contributed by atoms with Gasteiger partial charge in [0.25, 0.3) is 0 Å². The molecule has 1 saturated heterocycles. The zero-order valence-electron chi connectivity index (χ0n) is 11.6. The minimum atomic E-state index is 0.0194. The first-order valence-corrected chi connectivity index (χ1v) is 7.15. The zero-order valence-corrected chi connectivity index (χ0v) is 11.6. The Balaban J connectivity index is 2.15. The Morgan fingerprint density at radius 1 is 1.37 bits per heavy atom. The van der Waals surface area contributed by atoms with E-state index in [0.717, 1.165) is 30.5 Å². The van der Waals surface area contributed by atoms with Crippen molar-refractivity contribution in [2.75, 3.05) is 13.1 Å². The lowest BCUT2D eigenvalue weighted by molar-refractivity contribution is 0.103. The van der Waals surface area contributed by atoms with Crippen molar-refractivity contribution < 1.29 is 0 Å². The molecular weight excluding hydrogens is 238 g/mol. The second-order valence-electron chi connectivity index (χ2n) is 5.43. The van der Waals surface area contributed by atoms with Crippen LogP contribution in [0.5, 0.6) is 0 Å². The van der Waals surface area contributed by atoms with Gasteiger partial charge in [0.05, 0.1) is 17.2 Å². The number of benzene rings is 1. The number of nitrogens with one attached hydrogen (secondary N) is 1. The Labute approximate surface area is 113 Å². The second kappa shape index (κ2) is 4.85. The fraction of sp³-hybridized carbons (Fsp3) is 0.533. The Kier molecular flexibility index (Phi) is 3.19. The molecule has 0 bridgehead atoms. The fourth-order valence-corrected chi connectivity index (χ4v) is 3.16. The molecular formula is C15H21N3O. The van der Waals surface area contributed by atoms with Gasteiger partial charge in [-0.3, -0.25) is 9.47 Å². The van der Waals surface area contributed by atoms with Gasteiger partial charge in [0.1, 0.15) is 0 Å². The quantitative estimate of drug-likeness (QED) is 0.900. The molecule has 1 aromatic carbocycles. The predicted molar refractivity (Wildman–Crippen MR) is 77.4 cm³/mol. The van der Waals surface area contributed by atoms with Gasteiger partial charge < -0.3 is 4.98 Å². The van der Waals surface area contributed by atoms with E-state index in [9.17, 15) is 4.79 Å². The average Bonchev–Trinajstić information content (AvgIpc) is 2.74. The van der Waals surface area contributed by atoms with Crippen molar-refractivity contribution in [3.63, 3.8) is 0 Å². The highest BCUT2D eigenvalue weighted by Gasteiger charge is 2.25. The number of fused-ring (bicyclic) bond motifs is 1. The summed E-state index contributed by atoms with van der Waals surface area (Å²) in [6.45, 7) is 6.32. The van der Waals surface area contributed by atoms with Crippen LogP contribution in [-0.4, -0.2) is 27.5 Å². The third kappa shape index (κ3) is 2.10. The van der Waals surface area contributed by atoms with Crippen molar-refractivity contribution in [2.24, 2.45) is 0 Å². The number of hydrogen-bond donors (Lipinski definition) is 1. The molecule has 1 aliphatic rings. The lowest BCUT2D eigenvalue weighted by atomic mass is 10.1. The Bertz CT molecular complexity index is 640. The Morgan fingerprint density at radius 2 is 2.21 bits per heavy atom. The van der Waals surface area contributed by atoms with Crippen molar-refractivity contribution >= 4 is 11.0 Å². The van der Waals surface area contributed by atoms with E-state index in [1.165, 1.54) is 18.4 Å². The average molecular weight is 259 g/mol. The molecule has 1 unspecified atom stereocenters. The van der Waals surface area contributed by atoms with E-state index in [2.05, 4.69) is 29.8 Å². The first kappa shape index (κ1) is 12.5. The summed E-state index contributed by atoms with van der Waals surface area (Å²) in [6.07, 6.45) is 3.71. The highest BCUT2D eigenvalue weighted by atomic mass is 16.1. The molecule has 0 amide bonds. The molecule has 19 heavy (non-hydrogen) atoms. The molecule has 4 nitrogen and oxygen atoms in total. The van der Waals surface area contributed by atoms with Crippen molar-refractivity contribution in [3.05, 3.63) is 34.2 Å². The number of aromatic amines is 1. The molecule has 2 heterocycles. The van der Waals surface area contributed by atoms with Crippen LogP contribution in [0.4, 0.5) is 0 Å². The number of likely N-dealkylation sites (tertiary alicyclic amines) is 1. The summed E-state index contributed by atoms with van der Waals surface area (Å²) in [4.78, 5) is 17.7. The lowest BCUT2D eigenvalue weighted by Gasteiger charge is -2.35. The summed E-state index contributed by atoms with van der Waals surface area (Å²) in [6, 6.07) is 6.15. The second-order valence-corrected chi connectivity index (χ2v) is 5.43. The van der Waals surface area contributed by atoms with Crippen molar-refractivity contribution in [1.29, 1.82) is 0 Å². The molecule has 1 N–H and O–H groups in total. The third-order valence-corrected chi connectivity index (χ3v) is 4.16. The topological polar surface area (TPSA) is 41.0 Å². The minimum Gasteiger partial charge on any atom is -0.305 e. The predicted octanol–water partition coefficient (Wildman–Crippen LogP) is 2.64. The van der Waals surface area contributed by atoms with Crippen LogP contribution >= 0.6 is 0 Å². The summed E-state index contributed by atoms with van der Waals surface area (Å²) in [5.74, 6) is 0. The van der Waals surface area contributed by atoms with Crippen LogP contribution in [-0.2, 0) is 0 Å². The van der Waals surface area contributed by atoms with Gasteiger partial charge >= 0.3 is 5.69 Å². The smallest absolute Gasteiger partial charge is 0.305 e. The van der Waals surface area contributed by atoms with E-state index in [1.807, 2.05) is 16.7 Å². The van der Waals surface area contributed by atoms with Crippen LogP contribution in [0.25, 0.3) is 11.0 Å². The Hall–Kier alpha value is -1.55. The van der Waals surface area contributed by atoms with Gasteiger partial charge in [-0.15, -0.1) is 0 Å². The van der Waals surface area contributed by atoms with Gasteiger partial charge in [-0.05, 0) is 50.4 Å². The number of imidazole rings is 1. The van der Waals surface area contributed by atoms with Crippen molar-refractivity contribution in [2.45, 2.75) is 39.3 Å². The first-order valence-electron chi connectivity index (χ1n) is 7.15. The summed E-state index contributed by atoms with van der Waals surface area (Å²) >= 11 is 0. The van der Waals surface area contributed by atoms with Crippen molar-refractivity contribution in [1.82, 2.24) is 14.5 Å². The van der Waals surface area contributed by atoms with Crippen LogP contribution in [0.15, 0.2) is 23.0 Å². The molecule has 102 valence electrons. The largest absolute Gasteiger partial charge is 0.327 e. The van der Waals surface area contributed by atoms with Crippen LogP contribution in [0.3, 0.4) is 0 Å². The van der Waals surface area contributed by atoms with E-state index >= 15 is 0 Å². The summed E-state index contributed by atoms with van der Waals surface area (Å²) in [5.41, 5.74) is 3.19. The molecule has 0 spiro atoms. The molecule has 0 saturated carbocycles. The lowest BCUT2D eigenvalue weighted by Crippen LogP contribution is -2.40. The SMILES string of the molecule is CCN1CCCCC1n1c(=O)[nH]c2ccc(C)cc21. The number of piperidine rings is 1. The number of aryl methyl sites for hydroxylation is 1. The third-order valence-electron chi connectivity index (χ3n) is 4.16. The van der Waals surface area contributed by atoms with Crippen LogP contribution in [0.1, 0.15) is 37.9 Å². The molecule has 1 fully saturated rings. The normalized spacial score (nSPS) is 21.1. The number of rotatable bonds is 2. The molecule has 4 heteroatoms. The van der Waals surface area contributed by atoms with Crippen LogP contribution in [0.2, 0.25) is 0 Å². The van der Waals surface area contributed by atoms with E-state index in [4.69, 9.17) is 0 Å². The Morgan fingerprint density at radius 3 is 3.00 bits per heavy atom. The van der Waals surface area contributed by atoms with Gasteiger partial charge in [0.2, 0.25) is 0 Å². The van der Waals surface area contributed by atoms with Gasteiger partial charge in [-0.2, -0.15) is 0 Å².